The third-order valence-corrected chi connectivity index (χ3v) is 4.29. The number of fused-ring (bicyclic) bond motifs is 1. The topological polar surface area (TPSA) is 56.7 Å². The van der Waals surface area contributed by atoms with E-state index in [9.17, 15) is 0 Å². The third kappa shape index (κ3) is 2.14. The fraction of sp³-hybridized carbons (Fsp3) is 0.500. The van der Waals surface area contributed by atoms with E-state index in [2.05, 4.69) is 47.7 Å². The molecule has 1 unspecified atom stereocenters. The summed E-state index contributed by atoms with van der Waals surface area (Å²) in [5.74, 6) is 2.66. The summed E-state index contributed by atoms with van der Waals surface area (Å²) in [6.45, 7) is 8.16. The van der Waals surface area contributed by atoms with Crippen molar-refractivity contribution < 1.29 is 0 Å². The minimum absolute atomic E-state index is 0.555. The van der Waals surface area contributed by atoms with Crippen LogP contribution in [0.4, 0.5) is 0 Å². The number of hydrogen-bond acceptors (Lipinski definition) is 3. The summed E-state index contributed by atoms with van der Waals surface area (Å²) in [5.41, 5.74) is 10.9. The average molecular weight is 270 g/mol. The van der Waals surface area contributed by atoms with Crippen molar-refractivity contribution in [3.05, 3.63) is 34.6 Å². The van der Waals surface area contributed by atoms with E-state index in [4.69, 9.17) is 5.73 Å². The van der Waals surface area contributed by atoms with Gasteiger partial charge in [0.15, 0.2) is 5.82 Å². The molecule has 2 aromatic rings. The second kappa shape index (κ2) is 5.02. The molecule has 0 radical (unpaired) electrons. The van der Waals surface area contributed by atoms with Gasteiger partial charge >= 0.3 is 0 Å². The molecule has 0 spiro atoms. The molecule has 0 saturated carbocycles. The minimum Gasteiger partial charge on any atom is -0.330 e. The number of aryl methyl sites for hydroxylation is 3. The molecule has 106 valence electrons. The van der Waals surface area contributed by atoms with Crippen molar-refractivity contribution in [2.24, 2.45) is 11.7 Å². The molecule has 4 nitrogen and oxygen atoms in total. The van der Waals surface area contributed by atoms with Gasteiger partial charge in [-0.3, -0.25) is 0 Å². The summed E-state index contributed by atoms with van der Waals surface area (Å²) in [4.78, 5) is 0. The fourth-order valence-electron chi connectivity index (χ4n) is 3.31. The lowest BCUT2D eigenvalue weighted by molar-refractivity contribution is 0.391. The molecule has 2 heterocycles. The summed E-state index contributed by atoms with van der Waals surface area (Å²) < 4.78 is 2.27. The van der Waals surface area contributed by atoms with Gasteiger partial charge in [-0.15, -0.1) is 10.2 Å². The maximum Gasteiger partial charge on any atom is 0.164 e. The Morgan fingerprint density at radius 2 is 1.90 bits per heavy atom. The molecule has 0 aliphatic carbocycles. The maximum absolute atomic E-state index is 5.79. The molecule has 0 saturated heterocycles. The van der Waals surface area contributed by atoms with Gasteiger partial charge in [-0.1, -0.05) is 17.7 Å². The lowest BCUT2D eigenvalue weighted by atomic mass is 9.96. The largest absolute Gasteiger partial charge is 0.330 e. The van der Waals surface area contributed by atoms with E-state index in [0.717, 1.165) is 37.6 Å². The second-order valence-electron chi connectivity index (χ2n) is 5.96. The van der Waals surface area contributed by atoms with Crippen molar-refractivity contribution in [3.8, 4) is 11.4 Å². The van der Waals surface area contributed by atoms with E-state index in [1.165, 1.54) is 22.3 Å². The Morgan fingerprint density at radius 3 is 2.55 bits per heavy atom. The number of benzene rings is 1. The first kappa shape index (κ1) is 13.3. The lowest BCUT2D eigenvalue weighted by Crippen LogP contribution is -2.25. The molecule has 20 heavy (non-hydrogen) atoms. The van der Waals surface area contributed by atoms with Crippen molar-refractivity contribution in [2.75, 3.05) is 6.54 Å². The standard InChI is InChI=1S/C16H22N4/c1-10-6-11(2)15(12(3)7-10)16-19-18-14-8-13(9-17)4-5-20(14)16/h6-7,13H,4-5,8-9,17H2,1-3H3. The highest BCUT2D eigenvalue weighted by molar-refractivity contribution is 5.65. The van der Waals surface area contributed by atoms with Crippen molar-refractivity contribution >= 4 is 0 Å². The van der Waals surface area contributed by atoms with E-state index < -0.39 is 0 Å². The molecule has 1 aliphatic rings. The molecule has 1 atom stereocenters. The van der Waals surface area contributed by atoms with Crippen LogP contribution in [0.3, 0.4) is 0 Å². The summed E-state index contributed by atoms with van der Waals surface area (Å²) in [7, 11) is 0. The molecule has 1 aromatic heterocycles. The van der Waals surface area contributed by atoms with Crippen molar-refractivity contribution in [1.82, 2.24) is 14.8 Å². The highest BCUT2D eigenvalue weighted by Gasteiger charge is 2.24. The van der Waals surface area contributed by atoms with Crippen LogP contribution in [0.15, 0.2) is 12.1 Å². The van der Waals surface area contributed by atoms with Gasteiger partial charge < -0.3 is 10.3 Å². The van der Waals surface area contributed by atoms with Gasteiger partial charge in [0.2, 0.25) is 0 Å². The van der Waals surface area contributed by atoms with E-state index in [0.29, 0.717) is 5.92 Å². The predicted octanol–water partition coefficient (Wildman–Crippen LogP) is 2.39. The fourth-order valence-corrected chi connectivity index (χ4v) is 3.31. The first-order chi connectivity index (χ1) is 9.60. The summed E-state index contributed by atoms with van der Waals surface area (Å²) in [6.07, 6.45) is 2.08. The highest BCUT2D eigenvalue weighted by Crippen LogP contribution is 2.30. The van der Waals surface area contributed by atoms with Crippen LogP contribution in [0, 0.1) is 26.7 Å². The van der Waals surface area contributed by atoms with Gasteiger partial charge in [0.1, 0.15) is 5.82 Å². The van der Waals surface area contributed by atoms with Crippen LogP contribution >= 0.6 is 0 Å². The quantitative estimate of drug-likeness (QED) is 0.911. The normalized spacial score (nSPS) is 18.1. The van der Waals surface area contributed by atoms with Crippen LogP contribution in [0.5, 0.6) is 0 Å². The van der Waals surface area contributed by atoms with E-state index >= 15 is 0 Å². The van der Waals surface area contributed by atoms with Crippen LogP contribution in [0.2, 0.25) is 0 Å². The van der Waals surface area contributed by atoms with Crippen LogP contribution in [0.1, 0.15) is 28.9 Å². The Hall–Kier alpha value is -1.68. The van der Waals surface area contributed by atoms with Crippen molar-refractivity contribution in [2.45, 2.75) is 40.2 Å². The van der Waals surface area contributed by atoms with Crippen LogP contribution in [0.25, 0.3) is 11.4 Å². The first-order valence-corrected chi connectivity index (χ1v) is 7.30. The SMILES string of the molecule is Cc1cc(C)c(-c2nnc3n2CCC(CN)C3)c(C)c1. The first-order valence-electron chi connectivity index (χ1n) is 7.30. The Labute approximate surface area is 120 Å². The summed E-state index contributed by atoms with van der Waals surface area (Å²) >= 11 is 0. The van der Waals surface area contributed by atoms with Crippen molar-refractivity contribution in [3.63, 3.8) is 0 Å². The summed E-state index contributed by atoms with van der Waals surface area (Å²) in [6, 6.07) is 4.44. The van der Waals surface area contributed by atoms with Gasteiger partial charge in [0, 0.05) is 18.5 Å². The monoisotopic (exact) mass is 270 g/mol. The molecular weight excluding hydrogens is 248 g/mol. The number of nitrogens with zero attached hydrogens (tertiary/aromatic N) is 3. The Morgan fingerprint density at radius 1 is 1.20 bits per heavy atom. The predicted molar refractivity (Wildman–Crippen MR) is 80.5 cm³/mol. The zero-order valence-corrected chi connectivity index (χ0v) is 12.5. The zero-order chi connectivity index (χ0) is 14.3. The maximum atomic E-state index is 5.79. The molecule has 3 rings (SSSR count). The highest BCUT2D eigenvalue weighted by atomic mass is 15.3. The number of nitrogens with two attached hydrogens (primary N) is 1. The summed E-state index contributed by atoms with van der Waals surface area (Å²) in [5, 5.41) is 8.85. The molecule has 0 amide bonds. The molecular formula is C16H22N4. The van der Waals surface area contributed by atoms with Gasteiger partial charge in [-0.05, 0) is 50.8 Å². The molecule has 0 fully saturated rings. The van der Waals surface area contributed by atoms with Crippen molar-refractivity contribution in [1.29, 1.82) is 0 Å². The number of hydrogen-bond donors (Lipinski definition) is 1. The van der Waals surface area contributed by atoms with Crippen LogP contribution in [-0.4, -0.2) is 21.3 Å². The van der Waals surface area contributed by atoms with Crippen LogP contribution < -0.4 is 5.73 Å². The van der Waals surface area contributed by atoms with E-state index in [-0.39, 0.29) is 0 Å². The smallest absolute Gasteiger partial charge is 0.164 e. The van der Waals surface area contributed by atoms with E-state index in [1.807, 2.05) is 0 Å². The van der Waals surface area contributed by atoms with Gasteiger partial charge in [0.05, 0.1) is 0 Å². The van der Waals surface area contributed by atoms with Crippen LogP contribution in [-0.2, 0) is 13.0 Å². The van der Waals surface area contributed by atoms with Gasteiger partial charge in [0.25, 0.3) is 0 Å². The number of rotatable bonds is 2. The average Bonchev–Trinajstić information content (AvgIpc) is 2.80. The third-order valence-electron chi connectivity index (χ3n) is 4.29. The Bertz CT molecular complexity index is 619. The molecule has 1 aliphatic heterocycles. The molecule has 0 bridgehead atoms. The van der Waals surface area contributed by atoms with Gasteiger partial charge in [-0.2, -0.15) is 0 Å². The molecule has 2 N–H and O–H groups in total. The second-order valence-corrected chi connectivity index (χ2v) is 5.96. The zero-order valence-electron chi connectivity index (χ0n) is 12.5. The molecule has 1 aromatic carbocycles. The minimum atomic E-state index is 0.555. The van der Waals surface area contributed by atoms with Gasteiger partial charge in [-0.25, -0.2) is 0 Å². The lowest BCUT2D eigenvalue weighted by Gasteiger charge is -2.23. The Kier molecular flexibility index (Phi) is 3.34. The number of aromatic nitrogens is 3. The Balaban J connectivity index is 2.07. The van der Waals surface area contributed by atoms with E-state index in [1.54, 1.807) is 0 Å². The molecule has 4 heteroatoms.